The minimum Gasteiger partial charge on any atom is -0.354 e. The normalized spacial score (nSPS) is 21.7. The number of hydrogen-bond donors (Lipinski definition) is 2. The predicted molar refractivity (Wildman–Crippen MR) is 102 cm³/mol. The number of hydrogen-bond acceptors (Lipinski definition) is 2. The van der Waals surface area contributed by atoms with E-state index in [2.05, 4.69) is 34.4 Å². The Bertz CT molecular complexity index is 382. The Hall–Kier alpha value is -0.530. The molecule has 6 heteroatoms. The topological polar surface area (TPSA) is 56.7 Å². The van der Waals surface area contributed by atoms with Crippen LogP contribution in [0.1, 0.15) is 39.5 Å². The number of aliphatic imine (C=N–C) groups is 1. The van der Waals surface area contributed by atoms with E-state index in [1.54, 1.807) is 0 Å². The standard InChI is InChI=1S/C16H30N4O.HI/c1-12(2)10-13-6-9-20(11-13)16(17-3)19-8-7-18-15(21)14-4-5-14;/h12-14H,4-11H2,1-3H3,(H,17,19)(H,18,21);1H. The van der Waals surface area contributed by atoms with Crippen molar-refractivity contribution in [2.24, 2.45) is 22.7 Å². The number of halogens is 1. The Balaban J connectivity index is 0.00000242. The molecule has 1 unspecified atom stereocenters. The lowest BCUT2D eigenvalue weighted by Gasteiger charge is -2.22. The summed E-state index contributed by atoms with van der Waals surface area (Å²) in [6.07, 6.45) is 4.68. The lowest BCUT2D eigenvalue weighted by Crippen LogP contribution is -2.43. The van der Waals surface area contributed by atoms with Crippen LogP contribution in [-0.4, -0.2) is 50.0 Å². The highest BCUT2D eigenvalue weighted by molar-refractivity contribution is 14.0. The fraction of sp³-hybridized carbons (Fsp3) is 0.875. The van der Waals surface area contributed by atoms with Gasteiger partial charge in [-0.3, -0.25) is 9.79 Å². The zero-order valence-corrected chi connectivity index (χ0v) is 16.4. The van der Waals surface area contributed by atoms with Gasteiger partial charge in [0.05, 0.1) is 0 Å². The van der Waals surface area contributed by atoms with Gasteiger partial charge in [-0.05, 0) is 37.5 Å². The van der Waals surface area contributed by atoms with E-state index in [1.165, 1.54) is 12.8 Å². The van der Waals surface area contributed by atoms with Crippen molar-refractivity contribution < 1.29 is 4.79 Å². The molecule has 2 aliphatic rings. The van der Waals surface area contributed by atoms with Gasteiger partial charge in [0.2, 0.25) is 5.91 Å². The molecule has 0 radical (unpaired) electrons. The molecule has 0 aromatic heterocycles. The van der Waals surface area contributed by atoms with Crippen LogP contribution < -0.4 is 10.6 Å². The first-order valence-corrected chi connectivity index (χ1v) is 8.33. The van der Waals surface area contributed by atoms with Crippen LogP contribution in [0.5, 0.6) is 0 Å². The van der Waals surface area contributed by atoms with Gasteiger partial charge in [-0.1, -0.05) is 13.8 Å². The number of likely N-dealkylation sites (tertiary alicyclic amines) is 1. The fourth-order valence-electron chi connectivity index (χ4n) is 3.07. The first-order valence-electron chi connectivity index (χ1n) is 8.33. The smallest absolute Gasteiger partial charge is 0.223 e. The summed E-state index contributed by atoms with van der Waals surface area (Å²) >= 11 is 0. The van der Waals surface area contributed by atoms with Crippen molar-refractivity contribution in [2.45, 2.75) is 39.5 Å². The van der Waals surface area contributed by atoms with Crippen molar-refractivity contribution in [2.75, 3.05) is 33.2 Å². The number of nitrogens with one attached hydrogen (secondary N) is 2. The molecular weight excluding hydrogens is 391 g/mol. The lowest BCUT2D eigenvalue weighted by molar-refractivity contribution is -0.122. The molecule has 2 N–H and O–H groups in total. The highest BCUT2D eigenvalue weighted by Crippen LogP contribution is 2.28. The molecule has 22 heavy (non-hydrogen) atoms. The molecule has 5 nitrogen and oxygen atoms in total. The number of carbonyl (C=O) groups is 1. The van der Waals surface area contributed by atoms with Crippen LogP contribution in [-0.2, 0) is 4.79 Å². The molecule has 0 aromatic carbocycles. The van der Waals surface area contributed by atoms with E-state index in [1.807, 2.05) is 7.05 Å². The van der Waals surface area contributed by atoms with Crippen LogP contribution in [0.2, 0.25) is 0 Å². The van der Waals surface area contributed by atoms with Crippen molar-refractivity contribution >= 4 is 35.8 Å². The largest absolute Gasteiger partial charge is 0.354 e. The van der Waals surface area contributed by atoms with E-state index in [9.17, 15) is 4.79 Å². The third-order valence-electron chi connectivity index (χ3n) is 4.26. The molecule has 0 aromatic rings. The molecule has 1 amide bonds. The zero-order chi connectivity index (χ0) is 15.2. The van der Waals surface area contributed by atoms with Gasteiger partial charge in [-0.25, -0.2) is 0 Å². The number of carbonyl (C=O) groups excluding carboxylic acids is 1. The van der Waals surface area contributed by atoms with E-state index < -0.39 is 0 Å². The summed E-state index contributed by atoms with van der Waals surface area (Å²) in [6, 6.07) is 0. The molecule has 1 aliphatic carbocycles. The molecule has 1 saturated heterocycles. The number of nitrogens with zero attached hydrogens (tertiary/aromatic N) is 2. The Morgan fingerprint density at radius 3 is 2.50 bits per heavy atom. The van der Waals surface area contributed by atoms with E-state index >= 15 is 0 Å². The van der Waals surface area contributed by atoms with Crippen LogP contribution in [0.25, 0.3) is 0 Å². The Kier molecular flexibility index (Phi) is 8.49. The number of rotatable bonds is 6. The summed E-state index contributed by atoms with van der Waals surface area (Å²) < 4.78 is 0. The molecule has 128 valence electrons. The first kappa shape index (κ1) is 19.5. The maximum Gasteiger partial charge on any atom is 0.223 e. The minimum atomic E-state index is 0. The summed E-state index contributed by atoms with van der Waals surface area (Å²) in [7, 11) is 1.83. The highest BCUT2D eigenvalue weighted by atomic mass is 127. The number of amides is 1. The van der Waals surface area contributed by atoms with Gasteiger partial charge in [0, 0.05) is 39.1 Å². The van der Waals surface area contributed by atoms with Crippen LogP contribution in [0.4, 0.5) is 0 Å². The SMILES string of the molecule is CN=C(NCCNC(=O)C1CC1)N1CCC(CC(C)C)C1.I. The van der Waals surface area contributed by atoms with Gasteiger partial charge in [0.25, 0.3) is 0 Å². The van der Waals surface area contributed by atoms with Crippen molar-refractivity contribution in [3.05, 3.63) is 0 Å². The van der Waals surface area contributed by atoms with Crippen LogP contribution in [0.15, 0.2) is 4.99 Å². The van der Waals surface area contributed by atoms with E-state index in [4.69, 9.17) is 0 Å². The molecule has 1 atom stereocenters. The second-order valence-corrected chi connectivity index (χ2v) is 6.77. The van der Waals surface area contributed by atoms with Gasteiger partial charge >= 0.3 is 0 Å². The van der Waals surface area contributed by atoms with Gasteiger partial charge in [0.1, 0.15) is 0 Å². The highest BCUT2D eigenvalue weighted by Gasteiger charge is 2.29. The van der Waals surface area contributed by atoms with Gasteiger partial charge in [-0.2, -0.15) is 0 Å². The van der Waals surface area contributed by atoms with E-state index in [0.29, 0.717) is 12.5 Å². The molecule has 1 saturated carbocycles. The lowest BCUT2D eigenvalue weighted by atomic mass is 9.97. The third-order valence-corrected chi connectivity index (χ3v) is 4.26. The third kappa shape index (κ3) is 6.30. The average Bonchev–Trinajstić information content (AvgIpc) is 3.20. The molecule has 2 fully saturated rings. The first-order chi connectivity index (χ1) is 10.1. The van der Waals surface area contributed by atoms with Crippen molar-refractivity contribution in [1.82, 2.24) is 15.5 Å². The van der Waals surface area contributed by atoms with Gasteiger partial charge < -0.3 is 15.5 Å². The Morgan fingerprint density at radius 1 is 1.23 bits per heavy atom. The summed E-state index contributed by atoms with van der Waals surface area (Å²) in [4.78, 5) is 18.3. The van der Waals surface area contributed by atoms with Crippen LogP contribution in [0, 0.1) is 17.8 Å². The molecule has 0 spiro atoms. The molecule has 0 bridgehead atoms. The molecule has 1 heterocycles. The summed E-state index contributed by atoms with van der Waals surface area (Å²) in [5, 5.41) is 6.34. The number of guanidine groups is 1. The molecule has 2 rings (SSSR count). The average molecular weight is 422 g/mol. The summed E-state index contributed by atoms with van der Waals surface area (Å²) in [5.41, 5.74) is 0. The monoisotopic (exact) mass is 422 g/mol. The second kappa shape index (κ2) is 9.57. The Morgan fingerprint density at radius 2 is 1.91 bits per heavy atom. The molecular formula is C16H31IN4O. The Labute approximate surface area is 151 Å². The maximum absolute atomic E-state index is 11.5. The van der Waals surface area contributed by atoms with Crippen molar-refractivity contribution in [3.8, 4) is 0 Å². The van der Waals surface area contributed by atoms with Crippen LogP contribution in [0.3, 0.4) is 0 Å². The van der Waals surface area contributed by atoms with E-state index in [0.717, 1.165) is 50.3 Å². The zero-order valence-electron chi connectivity index (χ0n) is 14.1. The van der Waals surface area contributed by atoms with Crippen LogP contribution >= 0.6 is 24.0 Å². The summed E-state index contributed by atoms with van der Waals surface area (Å²) in [6.45, 7) is 8.20. The quantitative estimate of drug-likeness (QED) is 0.298. The maximum atomic E-state index is 11.5. The molecule has 1 aliphatic heterocycles. The second-order valence-electron chi connectivity index (χ2n) is 6.77. The van der Waals surface area contributed by atoms with Crippen molar-refractivity contribution in [3.63, 3.8) is 0 Å². The van der Waals surface area contributed by atoms with Crippen molar-refractivity contribution in [1.29, 1.82) is 0 Å². The fourth-order valence-corrected chi connectivity index (χ4v) is 3.07. The minimum absolute atomic E-state index is 0. The van der Waals surface area contributed by atoms with E-state index in [-0.39, 0.29) is 29.9 Å². The predicted octanol–water partition coefficient (Wildman–Crippen LogP) is 2.07. The van der Waals surface area contributed by atoms with Gasteiger partial charge in [0.15, 0.2) is 5.96 Å². The summed E-state index contributed by atoms with van der Waals surface area (Å²) in [5.74, 6) is 3.03. The van der Waals surface area contributed by atoms with Gasteiger partial charge in [-0.15, -0.1) is 24.0 Å².